The van der Waals surface area contributed by atoms with E-state index < -0.39 is 21.3 Å². The Morgan fingerprint density at radius 2 is 1.95 bits per heavy atom. The Morgan fingerprint density at radius 1 is 1.16 bits per heavy atom. The lowest BCUT2D eigenvalue weighted by Gasteiger charge is -2.47. The second kappa shape index (κ2) is 11.0. The highest BCUT2D eigenvalue weighted by Gasteiger charge is 2.52. The van der Waals surface area contributed by atoms with Gasteiger partial charge in [-0.2, -0.15) is 9.97 Å². The maximum atomic E-state index is 11.7. The molecule has 2 fully saturated rings. The molecule has 2 aliphatic heterocycles. The third-order valence-corrected chi connectivity index (χ3v) is 8.00. The van der Waals surface area contributed by atoms with E-state index in [1.165, 1.54) is 0 Å². The van der Waals surface area contributed by atoms with Gasteiger partial charge in [0.25, 0.3) is 0 Å². The number of nitrogens with zero attached hydrogens (tertiary/aromatic N) is 4. The quantitative estimate of drug-likeness (QED) is 0.451. The van der Waals surface area contributed by atoms with E-state index in [-0.39, 0.29) is 17.3 Å². The summed E-state index contributed by atoms with van der Waals surface area (Å²) >= 11 is 0. The molecular weight excluding hydrogens is 496 g/mol. The van der Waals surface area contributed by atoms with Gasteiger partial charge in [0.05, 0.1) is 35.7 Å². The van der Waals surface area contributed by atoms with Crippen LogP contribution >= 0.6 is 0 Å². The van der Waals surface area contributed by atoms with Gasteiger partial charge in [-0.15, -0.1) is 0 Å². The highest BCUT2D eigenvalue weighted by molar-refractivity contribution is 7.93. The Kier molecular flexibility index (Phi) is 7.90. The summed E-state index contributed by atoms with van der Waals surface area (Å²) in [7, 11) is -3.05. The second-order valence-corrected chi connectivity index (χ2v) is 11.2. The molecule has 1 aromatic carbocycles. The summed E-state index contributed by atoms with van der Waals surface area (Å²) in [5.41, 5.74) is 13.0. The molecule has 2 aromatic heterocycles. The average Bonchev–Trinajstić information content (AvgIpc) is 2.86. The first kappa shape index (κ1) is 26.7. The van der Waals surface area contributed by atoms with Crippen LogP contribution in [0.1, 0.15) is 30.6 Å². The third-order valence-electron chi connectivity index (χ3n) is 6.07. The van der Waals surface area contributed by atoms with Crippen LogP contribution in [0.2, 0.25) is 0 Å². The van der Waals surface area contributed by atoms with E-state index in [2.05, 4.69) is 21.9 Å². The molecule has 2 aliphatic rings. The maximum absolute atomic E-state index is 11.7. The van der Waals surface area contributed by atoms with Crippen LogP contribution in [-0.4, -0.2) is 79.3 Å². The first-order valence-electron chi connectivity index (χ1n) is 12.2. The number of pyridine rings is 1. The summed E-state index contributed by atoms with van der Waals surface area (Å²) in [5.74, 6) is 0.144. The lowest BCUT2D eigenvalue weighted by Crippen LogP contribution is -2.66. The molecule has 0 radical (unpaired) electrons. The summed E-state index contributed by atoms with van der Waals surface area (Å²) in [6.07, 6.45) is 1.13. The number of morpholine rings is 1. The molecule has 198 valence electrons. The monoisotopic (exact) mass is 528 g/mol. The molecule has 4 N–H and O–H groups in total. The maximum Gasteiger partial charge on any atom is 0.248 e. The molecule has 1 amide bonds. The fourth-order valence-corrected chi connectivity index (χ4v) is 6.26. The van der Waals surface area contributed by atoms with Crippen molar-refractivity contribution in [3.05, 3.63) is 42.0 Å². The number of aromatic nitrogens is 3. The molecule has 11 nitrogen and oxygen atoms in total. The van der Waals surface area contributed by atoms with Gasteiger partial charge in [0.1, 0.15) is 11.4 Å². The Bertz CT molecular complexity index is 1380. The van der Waals surface area contributed by atoms with E-state index in [1.54, 1.807) is 30.3 Å². The summed E-state index contributed by atoms with van der Waals surface area (Å²) in [4.78, 5) is 27.0. The van der Waals surface area contributed by atoms with E-state index in [0.29, 0.717) is 47.9 Å². The van der Waals surface area contributed by atoms with Crippen LogP contribution in [0.3, 0.4) is 0 Å². The van der Waals surface area contributed by atoms with Crippen molar-refractivity contribution in [2.24, 2.45) is 5.73 Å². The molecule has 1 spiro atoms. The predicted octanol–water partition coefficient (Wildman–Crippen LogP) is 1.81. The van der Waals surface area contributed by atoms with Gasteiger partial charge in [0.15, 0.2) is 15.5 Å². The molecule has 0 bridgehead atoms. The fourth-order valence-electron chi connectivity index (χ4n) is 4.39. The molecule has 0 atom stereocenters. The average molecular weight is 529 g/mol. The number of rotatable bonds is 6. The Hall–Kier alpha value is -3.35. The molecule has 0 unspecified atom stereocenters. The minimum absolute atomic E-state index is 0.00182. The van der Waals surface area contributed by atoms with Gasteiger partial charge in [-0.1, -0.05) is 19.1 Å². The number of fused-ring (bicyclic) bond motifs is 1. The van der Waals surface area contributed by atoms with Crippen molar-refractivity contribution in [2.45, 2.75) is 25.9 Å². The number of nitrogen functional groups attached to an aromatic ring is 1. The van der Waals surface area contributed by atoms with Crippen LogP contribution in [0.25, 0.3) is 22.3 Å². The molecular formula is C25H32N6O5S. The molecule has 4 heterocycles. The van der Waals surface area contributed by atoms with Gasteiger partial charge in [0, 0.05) is 30.9 Å². The Morgan fingerprint density at radius 3 is 2.59 bits per heavy atom. The summed E-state index contributed by atoms with van der Waals surface area (Å²) in [6.45, 7) is 7.16. The smallest absolute Gasteiger partial charge is 0.248 e. The van der Waals surface area contributed by atoms with Crippen LogP contribution in [0, 0.1) is 0 Å². The highest BCUT2D eigenvalue weighted by Crippen LogP contribution is 2.33. The number of ether oxygens (including phenoxy) is 2. The van der Waals surface area contributed by atoms with E-state index in [0.717, 1.165) is 25.2 Å². The normalized spacial score (nSPS) is 17.6. The number of carbonyl (C=O) groups excluding carboxylic acids is 1. The van der Waals surface area contributed by atoms with Gasteiger partial charge >= 0.3 is 0 Å². The number of carbonyl (C=O) groups is 1. The third kappa shape index (κ3) is 6.14. The number of anilines is 2. The van der Waals surface area contributed by atoms with Crippen molar-refractivity contribution in [3.63, 3.8) is 0 Å². The van der Waals surface area contributed by atoms with E-state index >= 15 is 0 Å². The Balaban J connectivity index is 0.000000480. The summed E-state index contributed by atoms with van der Waals surface area (Å²) in [6, 6.07) is 10.4. The van der Waals surface area contributed by atoms with Gasteiger partial charge in [-0.3, -0.25) is 4.79 Å². The standard InChI is InChI=1S/C20H20N6O4S.C5H12O/c21-16-14-4-5-15(12-2-1-3-13(8-12)17(22)27)23-18(14)25-19(24-16)26-6-7-30-20(9-26)10-31(28,29)11-20;1-3-5-6-4-2/h1-5,8H,6-7,9-11H2,(H2,22,27)(H2,21,23,24,25);3-5H2,1-2H3. The van der Waals surface area contributed by atoms with Crippen molar-refractivity contribution >= 4 is 38.5 Å². The first-order chi connectivity index (χ1) is 17.6. The lowest BCUT2D eigenvalue weighted by atomic mass is 10.1. The number of primary amides is 1. The number of hydrogen-bond donors (Lipinski definition) is 2. The summed E-state index contributed by atoms with van der Waals surface area (Å²) < 4.78 is 34.1. The van der Waals surface area contributed by atoms with E-state index in [4.69, 9.17) is 20.9 Å². The predicted molar refractivity (Wildman–Crippen MR) is 142 cm³/mol. The topological polar surface area (TPSA) is 164 Å². The highest BCUT2D eigenvalue weighted by atomic mass is 32.2. The number of benzene rings is 1. The van der Waals surface area contributed by atoms with Crippen molar-refractivity contribution < 1.29 is 22.7 Å². The SMILES string of the molecule is CCCOCC.NC(=O)c1cccc(-c2ccc3c(N)nc(N4CCOC5(C4)CS(=O)(=O)C5)nc3n2)c1. The fraction of sp³-hybridized carbons (Fsp3) is 0.440. The minimum Gasteiger partial charge on any atom is -0.383 e. The number of hydrogen-bond acceptors (Lipinski definition) is 10. The molecule has 5 rings (SSSR count). The van der Waals surface area contributed by atoms with E-state index in [1.807, 2.05) is 17.9 Å². The molecule has 0 saturated carbocycles. The molecule has 2 saturated heterocycles. The van der Waals surface area contributed by atoms with Gasteiger partial charge < -0.3 is 25.8 Å². The summed E-state index contributed by atoms with van der Waals surface area (Å²) in [5, 5.41) is 0.604. The molecule has 0 aliphatic carbocycles. The number of amides is 1. The lowest BCUT2D eigenvalue weighted by molar-refractivity contribution is -0.0333. The van der Waals surface area contributed by atoms with Crippen LogP contribution in [-0.2, 0) is 19.3 Å². The number of sulfone groups is 1. The van der Waals surface area contributed by atoms with Gasteiger partial charge in [0.2, 0.25) is 11.9 Å². The molecule has 3 aromatic rings. The van der Waals surface area contributed by atoms with Crippen LogP contribution in [0.15, 0.2) is 36.4 Å². The van der Waals surface area contributed by atoms with Gasteiger partial charge in [-0.25, -0.2) is 13.4 Å². The van der Waals surface area contributed by atoms with Crippen LogP contribution in [0.4, 0.5) is 11.8 Å². The first-order valence-corrected chi connectivity index (χ1v) is 14.0. The molecule has 12 heteroatoms. The minimum atomic E-state index is -3.05. The van der Waals surface area contributed by atoms with Crippen LogP contribution in [0.5, 0.6) is 0 Å². The van der Waals surface area contributed by atoms with Crippen molar-refractivity contribution in [3.8, 4) is 11.3 Å². The second-order valence-electron chi connectivity index (χ2n) is 9.10. The van der Waals surface area contributed by atoms with E-state index in [9.17, 15) is 13.2 Å². The van der Waals surface area contributed by atoms with Gasteiger partial charge in [-0.05, 0) is 37.6 Å². The number of nitrogens with two attached hydrogens (primary N) is 2. The Labute approximate surface area is 216 Å². The molecule has 37 heavy (non-hydrogen) atoms. The van der Waals surface area contributed by atoms with Crippen molar-refractivity contribution in [1.29, 1.82) is 0 Å². The van der Waals surface area contributed by atoms with Crippen molar-refractivity contribution in [1.82, 2.24) is 15.0 Å². The largest absolute Gasteiger partial charge is 0.383 e. The zero-order chi connectivity index (χ0) is 26.6. The van der Waals surface area contributed by atoms with Crippen molar-refractivity contribution in [2.75, 3.05) is 55.0 Å². The zero-order valence-electron chi connectivity index (χ0n) is 21.0. The van der Waals surface area contributed by atoms with Crippen LogP contribution < -0.4 is 16.4 Å². The zero-order valence-corrected chi connectivity index (χ0v) is 21.8.